The first-order valence-corrected chi connectivity index (χ1v) is 8.10. The topological polar surface area (TPSA) is 38.3 Å². The Morgan fingerprint density at radius 2 is 1.89 bits per heavy atom. The lowest BCUT2D eigenvalue weighted by atomic mass is 10.3. The molecule has 0 unspecified atom stereocenters. The molecule has 0 aliphatic carbocycles. The van der Waals surface area contributed by atoms with Crippen molar-refractivity contribution in [1.82, 2.24) is 5.32 Å². The third kappa shape index (κ3) is 6.10. The highest BCUT2D eigenvalue weighted by Gasteiger charge is 2.07. The highest BCUT2D eigenvalue weighted by Crippen LogP contribution is 2.36. The molecule has 0 atom stereocenters. The summed E-state index contributed by atoms with van der Waals surface area (Å²) >= 11 is 10.3. The average Bonchev–Trinajstić information content (AvgIpc) is 2.35. The van der Waals surface area contributed by atoms with Crippen molar-refractivity contribution in [3.05, 3.63) is 38.2 Å². The number of halogens is 3. The number of carbonyl (C=O) groups excluding carboxylic acids is 1. The molecule has 0 aliphatic heterocycles. The van der Waals surface area contributed by atoms with Gasteiger partial charge in [0.15, 0.2) is 0 Å². The first-order chi connectivity index (χ1) is 9.04. The van der Waals surface area contributed by atoms with Crippen LogP contribution in [0.1, 0.15) is 12.8 Å². The number of rotatable bonds is 7. The summed E-state index contributed by atoms with van der Waals surface area (Å²) in [4.78, 5) is 10.9. The van der Waals surface area contributed by atoms with Crippen molar-refractivity contribution in [1.29, 1.82) is 0 Å². The van der Waals surface area contributed by atoms with E-state index in [1.807, 2.05) is 12.1 Å². The minimum absolute atomic E-state index is 0.140. The van der Waals surface area contributed by atoms with Crippen LogP contribution in [0.3, 0.4) is 0 Å². The number of ether oxygens (including phenoxy) is 1. The summed E-state index contributed by atoms with van der Waals surface area (Å²) in [5.41, 5.74) is 0. The van der Waals surface area contributed by atoms with Gasteiger partial charge in [0.05, 0.1) is 15.6 Å². The Hall–Kier alpha value is -0.330. The zero-order valence-corrected chi connectivity index (χ0v) is 15.0. The van der Waals surface area contributed by atoms with Gasteiger partial charge in [-0.2, -0.15) is 0 Å². The number of amides is 1. The van der Waals surface area contributed by atoms with Crippen LogP contribution in [0.2, 0.25) is 0 Å². The molecule has 1 N–H and O–H groups in total. The van der Waals surface area contributed by atoms with E-state index in [9.17, 15) is 4.79 Å². The van der Waals surface area contributed by atoms with Crippen molar-refractivity contribution in [3.63, 3.8) is 0 Å². The fourth-order valence-corrected chi connectivity index (χ4v) is 3.84. The number of hydrogen-bond donors (Lipinski definition) is 1. The van der Waals surface area contributed by atoms with Crippen molar-refractivity contribution >= 4 is 53.7 Å². The van der Waals surface area contributed by atoms with E-state index in [1.165, 1.54) is 6.08 Å². The number of benzene rings is 1. The molecule has 104 valence electrons. The number of unbranched alkanes of at least 4 members (excludes halogenated alkanes) is 1. The average molecular weight is 456 g/mol. The molecule has 0 saturated heterocycles. The summed E-state index contributed by atoms with van der Waals surface area (Å²) in [6, 6.07) is 3.87. The molecule has 0 aromatic heterocycles. The maximum absolute atomic E-state index is 10.9. The third-order valence-corrected chi connectivity index (χ3v) is 3.90. The quantitative estimate of drug-likeness (QED) is 0.487. The predicted octanol–water partition coefficient (Wildman–Crippen LogP) is 4.44. The van der Waals surface area contributed by atoms with Gasteiger partial charge in [0.25, 0.3) is 0 Å². The van der Waals surface area contributed by atoms with Crippen LogP contribution in [0, 0.1) is 0 Å². The van der Waals surface area contributed by atoms with E-state index in [-0.39, 0.29) is 5.91 Å². The first-order valence-electron chi connectivity index (χ1n) is 5.72. The van der Waals surface area contributed by atoms with Gasteiger partial charge in [-0.1, -0.05) is 22.5 Å². The van der Waals surface area contributed by atoms with Crippen molar-refractivity contribution in [2.24, 2.45) is 0 Å². The van der Waals surface area contributed by atoms with Crippen LogP contribution < -0.4 is 10.1 Å². The van der Waals surface area contributed by atoms with Crippen molar-refractivity contribution in [2.45, 2.75) is 12.8 Å². The van der Waals surface area contributed by atoms with Crippen LogP contribution in [0.4, 0.5) is 0 Å². The van der Waals surface area contributed by atoms with Gasteiger partial charge in [-0.25, -0.2) is 0 Å². The molecule has 0 saturated carbocycles. The summed E-state index contributed by atoms with van der Waals surface area (Å²) in [7, 11) is 0. The Morgan fingerprint density at radius 1 is 1.26 bits per heavy atom. The van der Waals surface area contributed by atoms with Gasteiger partial charge in [0.2, 0.25) is 5.91 Å². The van der Waals surface area contributed by atoms with Crippen LogP contribution in [0.25, 0.3) is 0 Å². The van der Waals surface area contributed by atoms with E-state index in [0.717, 1.165) is 32.0 Å². The molecule has 3 nitrogen and oxygen atoms in total. The van der Waals surface area contributed by atoms with E-state index >= 15 is 0 Å². The molecule has 0 bridgehead atoms. The Labute approximate surface area is 138 Å². The summed E-state index contributed by atoms with van der Waals surface area (Å²) in [6.07, 6.45) is 3.00. The van der Waals surface area contributed by atoms with Crippen molar-refractivity contribution < 1.29 is 9.53 Å². The second-order valence-electron chi connectivity index (χ2n) is 3.75. The third-order valence-electron chi connectivity index (χ3n) is 2.27. The normalized spacial score (nSPS) is 10.1. The molecule has 0 radical (unpaired) electrons. The lowest BCUT2D eigenvalue weighted by molar-refractivity contribution is -0.116. The monoisotopic (exact) mass is 453 g/mol. The van der Waals surface area contributed by atoms with Gasteiger partial charge >= 0.3 is 0 Å². The summed E-state index contributed by atoms with van der Waals surface area (Å²) in [6.45, 7) is 4.63. The van der Waals surface area contributed by atoms with E-state index in [0.29, 0.717) is 13.2 Å². The Balaban J connectivity index is 2.30. The number of hydrogen-bond acceptors (Lipinski definition) is 2. The number of carbonyl (C=O) groups is 1. The molecule has 1 aromatic carbocycles. The summed E-state index contributed by atoms with van der Waals surface area (Å²) in [5.74, 6) is 0.651. The Kier molecular flexibility index (Phi) is 7.71. The summed E-state index contributed by atoms with van der Waals surface area (Å²) in [5, 5.41) is 2.72. The molecule has 1 aromatic rings. The minimum Gasteiger partial charge on any atom is -0.491 e. The molecule has 0 aliphatic rings. The fraction of sp³-hybridized carbons (Fsp3) is 0.308. The predicted molar refractivity (Wildman–Crippen MR) is 87.5 cm³/mol. The first kappa shape index (κ1) is 16.7. The smallest absolute Gasteiger partial charge is 0.243 e. The standard InChI is InChI=1S/C13H14Br3NO2/c1-2-12(18)17-5-3-4-6-19-13-10(15)7-9(14)8-11(13)16/h2,7-8H,1,3-6H2,(H,17,18). The second-order valence-corrected chi connectivity index (χ2v) is 6.37. The maximum Gasteiger partial charge on any atom is 0.243 e. The second kappa shape index (κ2) is 8.76. The molecular weight excluding hydrogens is 442 g/mol. The van der Waals surface area contributed by atoms with Gasteiger partial charge < -0.3 is 10.1 Å². The van der Waals surface area contributed by atoms with Crippen LogP contribution in [-0.4, -0.2) is 19.1 Å². The SMILES string of the molecule is C=CC(=O)NCCCCOc1c(Br)cc(Br)cc1Br. The maximum atomic E-state index is 10.9. The molecule has 6 heteroatoms. The molecule has 19 heavy (non-hydrogen) atoms. The van der Waals surface area contributed by atoms with E-state index in [1.54, 1.807) is 0 Å². The van der Waals surface area contributed by atoms with Crippen molar-refractivity contribution in [2.75, 3.05) is 13.2 Å². The van der Waals surface area contributed by atoms with Crippen molar-refractivity contribution in [3.8, 4) is 5.75 Å². The van der Waals surface area contributed by atoms with Gasteiger partial charge in [0.1, 0.15) is 5.75 Å². The van der Waals surface area contributed by atoms with Gasteiger partial charge in [0, 0.05) is 11.0 Å². The Morgan fingerprint density at radius 3 is 2.47 bits per heavy atom. The van der Waals surface area contributed by atoms with Crippen LogP contribution >= 0.6 is 47.8 Å². The molecule has 1 rings (SSSR count). The van der Waals surface area contributed by atoms with E-state index in [4.69, 9.17) is 4.74 Å². The van der Waals surface area contributed by atoms with Crippen LogP contribution in [0.5, 0.6) is 5.75 Å². The fourth-order valence-electron chi connectivity index (χ4n) is 1.35. The highest BCUT2D eigenvalue weighted by atomic mass is 79.9. The molecule has 1 amide bonds. The molecule has 0 spiro atoms. The number of nitrogens with one attached hydrogen (secondary N) is 1. The zero-order chi connectivity index (χ0) is 14.3. The van der Waals surface area contributed by atoms with E-state index in [2.05, 4.69) is 59.7 Å². The molecule has 0 fully saturated rings. The minimum atomic E-state index is -0.140. The van der Waals surface area contributed by atoms with Gasteiger partial charge in [-0.3, -0.25) is 4.79 Å². The largest absolute Gasteiger partial charge is 0.491 e. The van der Waals surface area contributed by atoms with E-state index < -0.39 is 0 Å². The van der Waals surface area contributed by atoms with Gasteiger partial charge in [-0.15, -0.1) is 0 Å². The Bertz CT molecular complexity index is 440. The molecule has 0 heterocycles. The van der Waals surface area contributed by atoms with Crippen LogP contribution in [-0.2, 0) is 4.79 Å². The van der Waals surface area contributed by atoms with Gasteiger partial charge in [-0.05, 0) is 62.9 Å². The van der Waals surface area contributed by atoms with Crippen LogP contribution in [0.15, 0.2) is 38.2 Å². The highest BCUT2D eigenvalue weighted by molar-refractivity contribution is 9.11. The zero-order valence-electron chi connectivity index (χ0n) is 10.2. The molecular formula is C13H14Br3NO2. The summed E-state index contributed by atoms with van der Waals surface area (Å²) < 4.78 is 8.48. The lowest BCUT2D eigenvalue weighted by Crippen LogP contribution is -2.22. The lowest BCUT2D eigenvalue weighted by Gasteiger charge is -2.10.